The van der Waals surface area contributed by atoms with Crippen molar-refractivity contribution in [2.75, 3.05) is 6.61 Å². The molecule has 31 heavy (non-hydrogen) atoms. The highest BCUT2D eigenvalue weighted by molar-refractivity contribution is 7.71. The van der Waals surface area contributed by atoms with Gasteiger partial charge in [-0.15, -0.1) is 11.3 Å². The van der Waals surface area contributed by atoms with Crippen LogP contribution in [0.3, 0.4) is 0 Å². The highest BCUT2D eigenvalue weighted by Gasteiger charge is 2.42. The maximum Gasteiger partial charge on any atom is 0.490 e. The quantitative estimate of drug-likeness (QED) is 0.244. The number of phosphoric ester groups is 1. The third-order valence-corrected chi connectivity index (χ3v) is 9.48. The Balaban J connectivity index is 1.66. The topological polar surface area (TPSA) is 194 Å². The van der Waals surface area contributed by atoms with E-state index in [0.29, 0.717) is 4.64 Å². The van der Waals surface area contributed by atoms with Gasteiger partial charge in [-0.05, 0) is 24.4 Å². The van der Waals surface area contributed by atoms with Gasteiger partial charge in [0.2, 0.25) is 0 Å². The Kier molecular flexibility index (Phi) is 7.45. The Labute approximate surface area is 184 Å². The van der Waals surface area contributed by atoms with Gasteiger partial charge in [0, 0.05) is 17.5 Å². The van der Waals surface area contributed by atoms with E-state index in [1.54, 1.807) is 10.8 Å². The summed E-state index contributed by atoms with van der Waals surface area (Å²) in [5.41, 5.74) is 0. The van der Waals surface area contributed by atoms with E-state index in [4.69, 9.17) is 31.6 Å². The van der Waals surface area contributed by atoms with E-state index in [9.17, 15) is 23.7 Å². The second kappa shape index (κ2) is 9.13. The molecule has 0 saturated carbocycles. The maximum absolute atomic E-state index is 11.8. The molecule has 1 fully saturated rings. The average molecular weight is 537 g/mol. The van der Waals surface area contributed by atoms with Crippen LogP contribution < -0.4 is 0 Å². The van der Waals surface area contributed by atoms with Gasteiger partial charge in [-0.25, -0.2) is 13.7 Å². The summed E-state index contributed by atoms with van der Waals surface area (Å²) >= 11 is 6.99. The molecule has 3 rings (SSSR count). The molecular weight excluding hydrogens is 519 g/mol. The van der Waals surface area contributed by atoms with Crippen LogP contribution in [0.4, 0.5) is 0 Å². The summed E-state index contributed by atoms with van der Waals surface area (Å²) in [6.45, 7) is 1.20. The van der Waals surface area contributed by atoms with Crippen molar-refractivity contribution in [1.82, 2.24) is 4.57 Å². The van der Waals surface area contributed by atoms with Gasteiger partial charge in [0.15, 0.2) is 0 Å². The molecule has 0 aliphatic carbocycles. The van der Waals surface area contributed by atoms with Gasteiger partial charge in [0.25, 0.3) is 0 Å². The van der Waals surface area contributed by atoms with E-state index in [1.807, 2.05) is 19.1 Å². The number of hydrogen-bond acceptors (Lipinski definition) is 10. The van der Waals surface area contributed by atoms with Crippen LogP contribution >= 0.6 is 47.0 Å². The fraction of sp³-hybridized carbons (Fsp3) is 0.462. The Morgan fingerprint density at radius 3 is 2.55 bits per heavy atom. The average Bonchev–Trinajstić information content (AvgIpc) is 3.12. The first kappa shape index (κ1) is 25.3. The fourth-order valence-corrected chi connectivity index (χ4v) is 7.30. The van der Waals surface area contributed by atoms with E-state index in [1.165, 1.54) is 11.3 Å². The van der Waals surface area contributed by atoms with Crippen molar-refractivity contribution in [1.29, 1.82) is 0 Å². The first-order valence-corrected chi connectivity index (χ1v) is 14.1. The lowest BCUT2D eigenvalue weighted by molar-refractivity contribution is -0.0438. The zero-order valence-electron chi connectivity index (χ0n) is 15.6. The smallest absolute Gasteiger partial charge is 0.390 e. The summed E-state index contributed by atoms with van der Waals surface area (Å²) in [5.74, 6) is 0. The van der Waals surface area contributed by atoms with Crippen molar-refractivity contribution in [2.45, 2.75) is 31.8 Å². The van der Waals surface area contributed by atoms with Gasteiger partial charge in [-0.3, -0.25) is 4.52 Å². The van der Waals surface area contributed by atoms with Crippen molar-refractivity contribution in [3.8, 4) is 0 Å². The molecule has 1 aliphatic heterocycles. The van der Waals surface area contributed by atoms with Crippen LogP contribution in [0, 0.1) is 11.6 Å². The monoisotopic (exact) mass is 537 g/mol. The standard InChI is InChI=1S/C13H18NO12P3S2/c1-7-4-8-2-3-14(13(30)12(8)31-7)11-5-9(15)10(24-11)6-23-28(19,20)26-29(21,22)25-27(16,17)18/h2-4,9-11,15H,5-6H2,1H3,(H,19,20)(H,21,22)(H2,16,17,18)/t9?,10-,11-/m1/s1. The van der Waals surface area contributed by atoms with Crippen molar-refractivity contribution in [3.63, 3.8) is 0 Å². The third-order valence-electron chi connectivity index (χ3n) is 4.06. The Morgan fingerprint density at radius 1 is 1.23 bits per heavy atom. The second-order valence-corrected chi connectivity index (χ2v) is 12.6. The third kappa shape index (κ3) is 6.59. The molecule has 13 nitrogen and oxygen atoms in total. The summed E-state index contributed by atoms with van der Waals surface area (Å²) in [6, 6.07) is 3.82. The molecule has 1 saturated heterocycles. The molecule has 0 aromatic carbocycles. The molecule has 2 aromatic rings. The van der Waals surface area contributed by atoms with Crippen LogP contribution in [-0.4, -0.2) is 48.1 Å². The number of aliphatic hydroxyl groups is 1. The first-order valence-electron chi connectivity index (χ1n) is 8.39. The SMILES string of the molecule is Cc1cc2ccn([C@H]3CC(O)[C@@H](COP(=O)(O)OP(=O)(O)OP(=O)(O)O)O3)c(=S)c2s1. The summed E-state index contributed by atoms with van der Waals surface area (Å²) in [6.07, 6.45) is -1.20. The van der Waals surface area contributed by atoms with Crippen LogP contribution in [0.2, 0.25) is 0 Å². The molecule has 3 unspecified atom stereocenters. The van der Waals surface area contributed by atoms with Crippen LogP contribution in [0.1, 0.15) is 17.5 Å². The van der Waals surface area contributed by atoms with Gasteiger partial charge in [-0.2, -0.15) is 8.62 Å². The van der Waals surface area contributed by atoms with Crippen LogP contribution in [-0.2, 0) is 31.6 Å². The molecule has 2 aromatic heterocycles. The summed E-state index contributed by atoms with van der Waals surface area (Å²) in [4.78, 5) is 36.8. The predicted octanol–water partition coefficient (Wildman–Crippen LogP) is 2.73. The molecule has 0 amide bonds. The highest BCUT2D eigenvalue weighted by Crippen LogP contribution is 2.66. The molecule has 174 valence electrons. The normalized spacial score (nSPS) is 26.1. The van der Waals surface area contributed by atoms with E-state index in [2.05, 4.69) is 13.1 Å². The molecule has 1 aliphatic rings. The second-order valence-electron chi connectivity index (χ2n) is 6.49. The van der Waals surface area contributed by atoms with E-state index >= 15 is 0 Å². The number of aromatic nitrogens is 1. The number of hydrogen-bond donors (Lipinski definition) is 5. The lowest BCUT2D eigenvalue weighted by atomic mass is 10.2. The molecule has 0 spiro atoms. The maximum atomic E-state index is 11.8. The Morgan fingerprint density at radius 2 is 1.90 bits per heavy atom. The van der Waals surface area contributed by atoms with Gasteiger partial charge in [0.1, 0.15) is 17.0 Å². The molecular formula is C13H18NO12P3S2. The van der Waals surface area contributed by atoms with Crippen molar-refractivity contribution in [2.24, 2.45) is 0 Å². The predicted molar refractivity (Wildman–Crippen MR) is 110 cm³/mol. The largest absolute Gasteiger partial charge is 0.490 e. The summed E-state index contributed by atoms with van der Waals surface area (Å²) in [5, 5.41) is 11.2. The molecule has 0 bridgehead atoms. The minimum atomic E-state index is -5.62. The number of aryl methyl sites for hydroxylation is 1. The van der Waals surface area contributed by atoms with E-state index < -0.39 is 48.5 Å². The minimum Gasteiger partial charge on any atom is -0.390 e. The molecule has 5 N–H and O–H groups in total. The number of aliphatic hydroxyl groups excluding tert-OH is 1. The van der Waals surface area contributed by atoms with Crippen LogP contribution in [0.15, 0.2) is 18.3 Å². The van der Waals surface area contributed by atoms with Gasteiger partial charge < -0.3 is 34.0 Å². The number of ether oxygens (including phenoxy) is 1. The zero-order valence-corrected chi connectivity index (χ0v) is 19.9. The van der Waals surface area contributed by atoms with Gasteiger partial charge >= 0.3 is 23.5 Å². The summed E-state index contributed by atoms with van der Waals surface area (Å²) in [7, 11) is -16.4. The van der Waals surface area contributed by atoms with E-state index in [0.717, 1.165) is 15.0 Å². The molecule has 3 heterocycles. The van der Waals surface area contributed by atoms with Crippen LogP contribution in [0.25, 0.3) is 10.1 Å². The van der Waals surface area contributed by atoms with Crippen molar-refractivity contribution in [3.05, 3.63) is 27.8 Å². The number of rotatable bonds is 8. The molecule has 0 radical (unpaired) electrons. The molecule has 5 atom stereocenters. The van der Waals surface area contributed by atoms with Crippen molar-refractivity contribution >= 4 is 57.1 Å². The van der Waals surface area contributed by atoms with Crippen LogP contribution in [0.5, 0.6) is 0 Å². The number of pyridine rings is 1. The lowest BCUT2D eigenvalue weighted by Gasteiger charge is -2.19. The molecule has 18 heteroatoms. The first-order chi connectivity index (χ1) is 14.2. The Bertz CT molecular complexity index is 1170. The fourth-order valence-electron chi connectivity index (χ4n) is 2.90. The summed E-state index contributed by atoms with van der Waals surface area (Å²) < 4.78 is 54.2. The number of nitrogens with zero attached hydrogens (tertiary/aromatic N) is 1. The number of fused-ring (bicyclic) bond motifs is 1. The Hall–Kier alpha value is -0.340. The minimum absolute atomic E-state index is 0.0780. The highest BCUT2D eigenvalue weighted by atomic mass is 32.1. The number of phosphoric acid groups is 3. The van der Waals surface area contributed by atoms with E-state index in [-0.39, 0.29) is 6.42 Å². The lowest BCUT2D eigenvalue weighted by Crippen LogP contribution is -2.26. The van der Waals surface area contributed by atoms with Gasteiger partial charge in [-0.1, -0.05) is 12.2 Å². The van der Waals surface area contributed by atoms with Gasteiger partial charge in [0.05, 0.1) is 17.4 Å². The zero-order chi connectivity index (χ0) is 23.2. The van der Waals surface area contributed by atoms with Crippen molar-refractivity contribution < 1.29 is 56.3 Å². The number of thiophene rings is 1.